The molecule has 3 rings (SSSR count). The van der Waals surface area contributed by atoms with Gasteiger partial charge in [0.15, 0.2) is 0 Å². The van der Waals surface area contributed by atoms with Crippen LogP contribution in [0.2, 0.25) is 0 Å². The number of aromatic nitrogens is 1. The predicted octanol–water partition coefficient (Wildman–Crippen LogP) is 2.65. The average molecular weight is 345 g/mol. The molecule has 1 saturated heterocycles. The van der Waals surface area contributed by atoms with Crippen LogP contribution in [0.5, 0.6) is 0 Å². The fraction of sp³-hybridized carbons (Fsp3) is 0.444. The standard InChI is InChI=1S/C18H23N3O2S/c1-14-20-12-17(24-14)7-8-19-18(22)21-9-10-23-16(13-21)11-15-5-3-2-4-6-15/h2-6,12,16H,7-11,13H2,1H3,(H,19,22)/t16-/m0/s1. The summed E-state index contributed by atoms with van der Waals surface area (Å²) in [6.07, 6.45) is 3.62. The van der Waals surface area contributed by atoms with Crippen LogP contribution in [-0.4, -0.2) is 48.3 Å². The first-order chi connectivity index (χ1) is 11.7. The Balaban J connectivity index is 1.44. The van der Waals surface area contributed by atoms with E-state index in [4.69, 9.17) is 4.74 Å². The molecule has 1 aromatic carbocycles. The lowest BCUT2D eigenvalue weighted by Gasteiger charge is -2.33. The Morgan fingerprint density at radius 1 is 1.42 bits per heavy atom. The predicted molar refractivity (Wildman–Crippen MR) is 95.4 cm³/mol. The maximum atomic E-state index is 12.3. The summed E-state index contributed by atoms with van der Waals surface area (Å²) < 4.78 is 5.81. The summed E-state index contributed by atoms with van der Waals surface area (Å²) in [4.78, 5) is 19.6. The van der Waals surface area contributed by atoms with E-state index in [0.717, 1.165) is 17.8 Å². The van der Waals surface area contributed by atoms with Crippen molar-refractivity contribution < 1.29 is 9.53 Å². The monoisotopic (exact) mass is 345 g/mol. The molecular weight excluding hydrogens is 322 g/mol. The first kappa shape index (κ1) is 16.9. The van der Waals surface area contributed by atoms with Gasteiger partial charge in [-0.3, -0.25) is 0 Å². The van der Waals surface area contributed by atoms with Crippen LogP contribution in [0.3, 0.4) is 0 Å². The van der Waals surface area contributed by atoms with E-state index in [1.807, 2.05) is 36.2 Å². The molecule has 2 heterocycles. The van der Waals surface area contributed by atoms with Crippen molar-refractivity contribution in [3.05, 3.63) is 52.0 Å². The zero-order chi connectivity index (χ0) is 16.8. The molecule has 0 saturated carbocycles. The summed E-state index contributed by atoms with van der Waals surface area (Å²) in [5.41, 5.74) is 1.24. The number of thiazole rings is 1. The normalized spacial score (nSPS) is 17.7. The minimum Gasteiger partial charge on any atom is -0.374 e. The van der Waals surface area contributed by atoms with E-state index in [-0.39, 0.29) is 12.1 Å². The Morgan fingerprint density at radius 2 is 2.25 bits per heavy atom. The summed E-state index contributed by atoms with van der Waals surface area (Å²) in [6, 6.07) is 10.3. The van der Waals surface area contributed by atoms with E-state index in [9.17, 15) is 4.79 Å². The van der Waals surface area contributed by atoms with Crippen LogP contribution in [0.1, 0.15) is 15.4 Å². The molecule has 0 unspecified atom stereocenters. The number of benzene rings is 1. The van der Waals surface area contributed by atoms with Crippen LogP contribution in [0.4, 0.5) is 4.79 Å². The summed E-state index contributed by atoms with van der Waals surface area (Å²) in [7, 11) is 0. The number of nitrogens with one attached hydrogen (secondary N) is 1. The third-order valence-electron chi connectivity index (χ3n) is 4.05. The van der Waals surface area contributed by atoms with E-state index in [0.29, 0.717) is 26.2 Å². The van der Waals surface area contributed by atoms with Crippen LogP contribution in [0.15, 0.2) is 36.5 Å². The van der Waals surface area contributed by atoms with Gasteiger partial charge >= 0.3 is 6.03 Å². The van der Waals surface area contributed by atoms with Crippen molar-refractivity contribution in [3.63, 3.8) is 0 Å². The molecule has 24 heavy (non-hydrogen) atoms. The Morgan fingerprint density at radius 3 is 3.00 bits per heavy atom. The molecule has 1 N–H and O–H groups in total. The van der Waals surface area contributed by atoms with E-state index in [1.54, 1.807) is 11.3 Å². The highest BCUT2D eigenvalue weighted by atomic mass is 32.1. The molecule has 1 fully saturated rings. The van der Waals surface area contributed by atoms with Crippen LogP contribution < -0.4 is 5.32 Å². The number of hydrogen-bond acceptors (Lipinski definition) is 4. The Hall–Kier alpha value is -1.92. The molecule has 128 valence electrons. The SMILES string of the molecule is Cc1ncc(CCNC(=O)N2CCO[C@@H](Cc3ccccc3)C2)s1. The Labute approximate surface area is 146 Å². The van der Waals surface area contributed by atoms with Crippen LogP contribution in [0.25, 0.3) is 0 Å². The first-order valence-corrected chi connectivity index (χ1v) is 9.12. The molecule has 0 bridgehead atoms. The van der Waals surface area contributed by atoms with Gasteiger partial charge in [0.1, 0.15) is 0 Å². The maximum Gasteiger partial charge on any atom is 0.317 e. The second-order valence-electron chi connectivity index (χ2n) is 5.96. The smallest absolute Gasteiger partial charge is 0.317 e. The van der Waals surface area contributed by atoms with Gasteiger partial charge in [-0.25, -0.2) is 9.78 Å². The molecule has 2 amide bonds. The van der Waals surface area contributed by atoms with Gasteiger partial charge in [-0.2, -0.15) is 0 Å². The van der Waals surface area contributed by atoms with Crippen LogP contribution in [-0.2, 0) is 17.6 Å². The number of urea groups is 1. The molecule has 0 radical (unpaired) electrons. The van der Waals surface area contributed by atoms with Crippen molar-refractivity contribution in [2.75, 3.05) is 26.2 Å². The molecule has 0 spiro atoms. The minimum atomic E-state index is -0.00222. The number of carbonyl (C=O) groups excluding carboxylic acids is 1. The highest BCUT2D eigenvalue weighted by Gasteiger charge is 2.24. The van der Waals surface area contributed by atoms with Crippen molar-refractivity contribution in [1.29, 1.82) is 0 Å². The van der Waals surface area contributed by atoms with Gasteiger partial charge in [0.05, 0.1) is 17.7 Å². The van der Waals surface area contributed by atoms with Gasteiger partial charge in [-0.15, -0.1) is 11.3 Å². The van der Waals surface area contributed by atoms with E-state index >= 15 is 0 Å². The summed E-state index contributed by atoms with van der Waals surface area (Å²) in [6.45, 7) is 4.52. The van der Waals surface area contributed by atoms with Crippen LogP contribution >= 0.6 is 11.3 Å². The van der Waals surface area contributed by atoms with E-state index in [1.165, 1.54) is 10.4 Å². The van der Waals surface area contributed by atoms with Crippen molar-refractivity contribution in [3.8, 4) is 0 Å². The topological polar surface area (TPSA) is 54.5 Å². The Bertz CT molecular complexity index is 659. The molecule has 2 aromatic rings. The Kier molecular flexibility index (Phi) is 5.82. The van der Waals surface area contributed by atoms with Gasteiger partial charge in [-0.05, 0) is 12.5 Å². The number of ether oxygens (including phenoxy) is 1. The maximum absolute atomic E-state index is 12.3. The quantitative estimate of drug-likeness (QED) is 0.906. The number of carbonyl (C=O) groups is 1. The third kappa shape index (κ3) is 4.79. The van der Waals surface area contributed by atoms with Crippen molar-refractivity contribution in [1.82, 2.24) is 15.2 Å². The second-order valence-corrected chi connectivity index (χ2v) is 7.28. The molecule has 6 heteroatoms. The number of amides is 2. The van der Waals surface area contributed by atoms with E-state index in [2.05, 4.69) is 22.4 Å². The lowest BCUT2D eigenvalue weighted by Crippen LogP contribution is -2.50. The van der Waals surface area contributed by atoms with Crippen molar-refractivity contribution in [2.45, 2.75) is 25.9 Å². The lowest BCUT2D eigenvalue weighted by atomic mass is 10.1. The van der Waals surface area contributed by atoms with Crippen LogP contribution in [0, 0.1) is 6.92 Å². The summed E-state index contributed by atoms with van der Waals surface area (Å²) in [5, 5.41) is 4.07. The molecule has 5 nitrogen and oxygen atoms in total. The lowest BCUT2D eigenvalue weighted by molar-refractivity contribution is -0.0132. The highest BCUT2D eigenvalue weighted by Crippen LogP contribution is 2.13. The van der Waals surface area contributed by atoms with Gasteiger partial charge in [-0.1, -0.05) is 30.3 Å². The number of aryl methyl sites for hydroxylation is 1. The second kappa shape index (κ2) is 8.26. The largest absolute Gasteiger partial charge is 0.374 e. The molecular formula is C18H23N3O2S. The van der Waals surface area contributed by atoms with Gasteiger partial charge in [0.2, 0.25) is 0 Å². The summed E-state index contributed by atoms with van der Waals surface area (Å²) in [5.74, 6) is 0. The number of nitrogens with zero attached hydrogens (tertiary/aromatic N) is 2. The summed E-state index contributed by atoms with van der Waals surface area (Å²) >= 11 is 1.68. The third-order valence-corrected chi connectivity index (χ3v) is 5.02. The molecule has 0 aliphatic carbocycles. The van der Waals surface area contributed by atoms with Gasteiger partial charge < -0.3 is 15.0 Å². The fourth-order valence-corrected chi connectivity index (χ4v) is 3.62. The number of rotatable bonds is 5. The van der Waals surface area contributed by atoms with Gasteiger partial charge in [0.25, 0.3) is 0 Å². The van der Waals surface area contributed by atoms with Crippen molar-refractivity contribution in [2.24, 2.45) is 0 Å². The minimum absolute atomic E-state index is 0.00222. The van der Waals surface area contributed by atoms with Crippen molar-refractivity contribution >= 4 is 17.4 Å². The average Bonchev–Trinajstić information content (AvgIpc) is 3.01. The molecule has 1 aromatic heterocycles. The zero-order valence-electron chi connectivity index (χ0n) is 13.9. The zero-order valence-corrected chi connectivity index (χ0v) is 14.7. The fourth-order valence-electron chi connectivity index (χ4n) is 2.83. The number of hydrogen-bond donors (Lipinski definition) is 1. The molecule has 1 aliphatic heterocycles. The van der Waals surface area contributed by atoms with Gasteiger partial charge in [0, 0.05) is 43.5 Å². The highest BCUT2D eigenvalue weighted by molar-refractivity contribution is 7.11. The molecule has 1 atom stereocenters. The van der Waals surface area contributed by atoms with E-state index < -0.39 is 0 Å². The molecule has 1 aliphatic rings. The number of morpholine rings is 1. The first-order valence-electron chi connectivity index (χ1n) is 8.30.